The van der Waals surface area contributed by atoms with E-state index in [0.29, 0.717) is 6.04 Å². The summed E-state index contributed by atoms with van der Waals surface area (Å²) in [7, 11) is 0. The normalized spacial score (nSPS) is 22.8. The molecule has 2 aromatic carbocycles. The highest BCUT2D eigenvalue weighted by Crippen LogP contribution is 2.32. The van der Waals surface area contributed by atoms with Crippen molar-refractivity contribution in [2.75, 3.05) is 13.1 Å². The molecule has 142 valence electrons. The number of carbonyl (C=O) groups excluding carboxylic acids is 1. The van der Waals surface area contributed by atoms with Gasteiger partial charge in [-0.15, -0.1) is 0 Å². The molecule has 0 bridgehead atoms. The third-order valence-corrected chi connectivity index (χ3v) is 6.45. The lowest BCUT2D eigenvalue weighted by molar-refractivity contribution is 0.0757. The zero-order chi connectivity index (χ0) is 18.8. The molecular weight excluding hydrogens is 336 g/mol. The van der Waals surface area contributed by atoms with E-state index < -0.39 is 6.04 Å². The van der Waals surface area contributed by atoms with Crippen LogP contribution in [0.5, 0.6) is 0 Å². The van der Waals surface area contributed by atoms with E-state index in [1.807, 2.05) is 36.4 Å². The molecule has 1 saturated heterocycles. The second-order valence-corrected chi connectivity index (χ2v) is 8.20. The van der Waals surface area contributed by atoms with E-state index in [4.69, 9.17) is 0 Å². The summed E-state index contributed by atoms with van der Waals surface area (Å²) in [4.78, 5) is 27.1. The van der Waals surface area contributed by atoms with E-state index in [-0.39, 0.29) is 11.7 Å². The van der Waals surface area contributed by atoms with Crippen LogP contribution in [0.25, 0.3) is 10.8 Å². The second-order valence-electron chi connectivity index (χ2n) is 8.20. The van der Waals surface area contributed by atoms with Crippen LogP contribution in [0.4, 0.5) is 0 Å². The van der Waals surface area contributed by atoms with Gasteiger partial charge in [-0.1, -0.05) is 42.3 Å². The standard InChI is InChI=1S/C23H28N2O2/c1-16(24-27)22-14-19(13-17-7-2-5-11-21(17)22)23(26)18-8-6-12-25(15-18)20-9-3-4-10-20/h2,5,7,11,13-14,16,18,20H,3-4,6,8-10,12,15H2,1H3. The average molecular weight is 364 g/mol. The Hall–Kier alpha value is -2.07. The van der Waals surface area contributed by atoms with Gasteiger partial charge in [0.2, 0.25) is 0 Å². The Kier molecular flexibility index (Phi) is 5.35. The minimum absolute atomic E-state index is 0.0628. The molecule has 1 saturated carbocycles. The molecule has 0 radical (unpaired) electrons. The summed E-state index contributed by atoms with van der Waals surface area (Å²) in [5.41, 5.74) is 1.59. The highest BCUT2D eigenvalue weighted by molar-refractivity contribution is 6.02. The Morgan fingerprint density at radius 3 is 2.67 bits per heavy atom. The summed E-state index contributed by atoms with van der Waals surface area (Å²) in [6.07, 6.45) is 7.27. The number of likely N-dealkylation sites (tertiary alicyclic amines) is 1. The Labute approximate surface area is 160 Å². The van der Waals surface area contributed by atoms with Crippen molar-refractivity contribution in [2.45, 2.75) is 57.5 Å². The average Bonchev–Trinajstić information content (AvgIpc) is 3.27. The van der Waals surface area contributed by atoms with Gasteiger partial charge in [0, 0.05) is 24.1 Å². The molecule has 27 heavy (non-hydrogen) atoms. The lowest BCUT2D eigenvalue weighted by atomic mass is 9.86. The summed E-state index contributed by atoms with van der Waals surface area (Å²) in [5.74, 6) is 0.288. The maximum atomic E-state index is 13.3. The second kappa shape index (κ2) is 7.89. The van der Waals surface area contributed by atoms with Gasteiger partial charge >= 0.3 is 0 Å². The molecule has 2 atom stereocenters. The smallest absolute Gasteiger partial charge is 0.167 e. The number of benzene rings is 2. The summed E-state index contributed by atoms with van der Waals surface area (Å²) in [6, 6.07) is 12.1. The largest absolute Gasteiger partial charge is 0.300 e. The third-order valence-electron chi connectivity index (χ3n) is 6.45. The Balaban J connectivity index is 1.62. The van der Waals surface area contributed by atoms with Crippen LogP contribution in [0, 0.1) is 10.8 Å². The number of rotatable bonds is 5. The fraction of sp³-hybridized carbons (Fsp3) is 0.522. The lowest BCUT2D eigenvalue weighted by Gasteiger charge is -2.36. The van der Waals surface area contributed by atoms with Crippen molar-refractivity contribution in [3.8, 4) is 0 Å². The van der Waals surface area contributed by atoms with Crippen molar-refractivity contribution in [3.05, 3.63) is 52.4 Å². The third kappa shape index (κ3) is 3.68. The van der Waals surface area contributed by atoms with E-state index in [1.54, 1.807) is 6.92 Å². The number of hydrogen-bond donors (Lipinski definition) is 0. The van der Waals surface area contributed by atoms with Gasteiger partial charge in [-0.25, -0.2) is 0 Å². The molecule has 0 aromatic heterocycles. The first-order valence-corrected chi connectivity index (χ1v) is 10.3. The van der Waals surface area contributed by atoms with E-state index in [1.165, 1.54) is 25.7 Å². The summed E-state index contributed by atoms with van der Waals surface area (Å²) >= 11 is 0. The summed E-state index contributed by atoms with van der Waals surface area (Å²) in [6.45, 7) is 3.81. The van der Waals surface area contributed by atoms with Gasteiger partial charge in [0.05, 0.1) is 0 Å². The predicted molar refractivity (Wildman–Crippen MR) is 109 cm³/mol. The highest BCUT2D eigenvalue weighted by Gasteiger charge is 2.31. The Morgan fingerprint density at radius 1 is 1.11 bits per heavy atom. The number of ketones is 1. The Morgan fingerprint density at radius 2 is 1.89 bits per heavy atom. The number of carbonyl (C=O) groups is 1. The number of fused-ring (bicyclic) bond motifs is 1. The van der Waals surface area contributed by atoms with Crippen LogP contribution in [0.15, 0.2) is 41.6 Å². The summed E-state index contributed by atoms with van der Waals surface area (Å²) < 4.78 is 0. The predicted octanol–water partition coefficient (Wildman–Crippen LogP) is 5.50. The fourth-order valence-corrected chi connectivity index (χ4v) is 4.94. The van der Waals surface area contributed by atoms with Crippen molar-refractivity contribution < 1.29 is 4.79 Å². The van der Waals surface area contributed by atoms with Gasteiger partial charge in [-0.2, -0.15) is 4.91 Å². The molecule has 4 heteroatoms. The van der Waals surface area contributed by atoms with Crippen LogP contribution < -0.4 is 0 Å². The fourth-order valence-electron chi connectivity index (χ4n) is 4.94. The van der Waals surface area contributed by atoms with Crippen molar-refractivity contribution in [2.24, 2.45) is 11.1 Å². The number of Topliss-reactive ketones (excluding diaryl/α,β-unsaturated/α-hetero) is 1. The number of piperidine rings is 1. The molecule has 1 aliphatic heterocycles. The van der Waals surface area contributed by atoms with Gasteiger partial charge in [0.15, 0.2) is 5.78 Å². The van der Waals surface area contributed by atoms with E-state index in [9.17, 15) is 9.70 Å². The molecule has 0 amide bonds. The first kappa shape index (κ1) is 18.3. The molecule has 2 aromatic rings. The van der Waals surface area contributed by atoms with Crippen molar-refractivity contribution in [1.29, 1.82) is 0 Å². The van der Waals surface area contributed by atoms with Crippen molar-refractivity contribution in [1.82, 2.24) is 4.90 Å². The molecule has 4 nitrogen and oxygen atoms in total. The quantitative estimate of drug-likeness (QED) is 0.519. The van der Waals surface area contributed by atoms with Crippen LogP contribution in [-0.4, -0.2) is 29.8 Å². The number of nitroso groups, excluding NO2 is 1. The molecule has 2 fully saturated rings. The topological polar surface area (TPSA) is 49.7 Å². The monoisotopic (exact) mass is 364 g/mol. The van der Waals surface area contributed by atoms with Gasteiger partial charge in [-0.3, -0.25) is 9.69 Å². The van der Waals surface area contributed by atoms with Crippen LogP contribution in [0.3, 0.4) is 0 Å². The van der Waals surface area contributed by atoms with Gasteiger partial charge < -0.3 is 0 Å². The zero-order valence-corrected chi connectivity index (χ0v) is 16.1. The number of nitrogens with zero attached hydrogens (tertiary/aromatic N) is 2. The van der Waals surface area contributed by atoms with Crippen molar-refractivity contribution in [3.63, 3.8) is 0 Å². The number of hydrogen-bond acceptors (Lipinski definition) is 4. The molecule has 2 aliphatic rings. The van der Waals surface area contributed by atoms with Gasteiger partial charge in [-0.05, 0) is 67.6 Å². The molecule has 0 spiro atoms. The van der Waals surface area contributed by atoms with E-state index in [2.05, 4.69) is 10.1 Å². The maximum absolute atomic E-state index is 13.3. The van der Waals surface area contributed by atoms with E-state index in [0.717, 1.165) is 47.8 Å². The van der Waals surface area contributed by atoms with Crippen LogP contribution in [-0.2, 0) is 0 Å². The van der Waals surface area contributed by atoms with E-state index >= 15 is 0 Å². The minimum Gasteiger partial charge on any atom is -0.300 e. The lowest BCUT2D eigenvalue weighted by Crippen LogP contribution is -2.43. The Bertz CT molecular complexity index is 841. The first-order valence-electron chi connectivity index (χ1n) is 10.3. The highest BCUT2D eigenvalue weighted by atomic mass is 16.3. The minimum atomic E-state index is -0.455. The van der Waals surface area contributed by atoms with Gasteiger partial charge in [0.1, 0.15) is 6.04 Å². The molecule has 1 heterocycles. The SMILES string of the molecule is CC(N=O)c1cc(C(=O)C2CCCN(C3CCCC3)C2)cc2ccccc12. The molecule has 2 unspecified atom stereocenters. The zero-order valence-electron chi connectivity index (χ0n) is 16.1. The molecule has 4 rings (SSSR count). The maximum Gasteiger partial charge on any atom is 0.167 e. The molecular formula is C23H28N2O2. The van der Waals surface area contributed by atoms with Crippen LogP contribution >= 0.6 is 0 Å². The summed E-state index contributed by atoms with van der Waals surface area (Å²) in [5, 5.41) is 5.24. The van der Waals surface area contributed by atoms with Crippen LogP contribution in [0.1, 0.15) is 67.4 Å². The van der Waals surface area contributed by atoms with Gasteiger partial charge in [0.25, 0.3) is 0 Å². The molecule has 1 aliphatic carbocycles. The van der Waals surface area contributed by atoms with Crippen LogP contribution in [0.2, 0.25) is 0 Å². The molecule has 0 N–H and O–H groups in total. The first-order chi connectivity index (χ1) is 13.2. The van der Waals surface area contributed by atoms with Crippen molar-refractivity contribution >= 4 is 16.6 Å².